The second kappa shape index (κ2) is 6.60. The average molecular weight is 267 g/mol. The van der Waals surface area contributed by atoms with Crippen LogP contribution >= 0.6 is 0 Å². The van der Waals surface area contributed by atoms with Gasteiger partial charge in [0.25, 0.3) is 0 Å². The lowest BCUT2D eigenvalue weighted by molar-refractivity contribution is 0.0693. The van der Waals surface area contributed by atoms with Gasteiger partial charge in [0.15, 0.2) is 0 Å². The van der Waals surface area contributed by atoms with Crippen LogP contribution in [0.15, 0.2) is 18.2 Å². The molecule has 0 aliphatic rings. The van der Waals surface area contributed by atoms with Crippen LogP contribution < -0.4 is 10.6 Å². The molecule has 0 fully saturated rings. The molecule has 4 N–H and O–H groups in total. The van der Waals surface area contributed by atoms with Crippen molar-refractivity contribution < 1.29 is 19.8 Å². The van der Waals surface area contributed by atoms with E-state index in [0.29, 0.717) is 18.8 Å². The van der Waals surface area contributed by atoms with Crippen molar-refractivity contribution in [2.75, 3.05) is 32.5 Å². The fourth-order valence-corrected chi connectivity index (χ4v) is 1.39. The van der Waals surface area contributed by atoms with Gasteiger partial charge in [-0.3, -0.25) is 0 Å². The number of benzene rings is 1. The van der Waals surface area contributed by atoms with E-state index in [4.69, 9.17) is 5.11 Å². The smallest absolute Gasteiger partial charge is 0.339 e. The zero-order chi connectivity index (χ0) is 14.4. The Balaban J connectivity index is 2.74. The average Bonchev–Trinajstić information content (AvgIpc) is 2.37. The van der Waals surface area contributed by atoms with Gasteiger partial charge in [-0.25, -0.2) is 9.59 Å². The van der Waals surface area contributed by atoms with Crippen molar-refractivity contribution in [2.24, 2.45) is 0 Å². The van der Waals surface area contributed by atoms with Gasteiger partial charge >= 0.3 is 12.0 Å². The number of rotatable bonds is 5. The first-order valence-electron chi connectivity index (χ1n) is 5.68. The maximum Gasteiger partial charge on any atom is 0.339 e. The van der Waals surface area contributed by atoms with Crippen LogP contribution in [-0.2, 0) is 0 Å². The molecule has 0 unspecified atom stereocenters. The van der Waals surface area contributed by atoms with Gasteiger partial charge in [-0.05, 0) is 25.2 Å². The highest BCUT2D eigenvalue weighted by molar-refractivity contribution is 5.95. The van der Waals surface area contributed by atoms with Crippen molar-refractivity contribution in [1.29, 1.82) is 0 Å². The predicted molar refractivity (Wildman–Crippen MR) is 70.6 cm³/mol. The van der Waals surface area contributed by atoms with E-state index in [2.05, 4.69) is 10.6 Å². The number of anilines is 1. The van der Waals surface area contributed by atoms with Crippen molar-refractivity contribution in [2.45, 2.75) is 0 Å². The van der Waals surface area contributed by atoms with E-state index in [-0.39, 0.29) is 17.3 Å². The van der Waals surface area contributed by atoms with Crippen LogP contribution in [0, 0.1) is 0 Å². The summed E-state index contributed by atoms with van der Waals surface area (Å²) in [7, 11) is 3.41. The first kappa shape index (κ1) is 14.8. The van der Waals surface area contributed by atoms with Crippen molar-refractivity contribution in [3.05, 3.63) is 23.8 Å². The minimum atomic E-state index is -1.25. The van der Waals surface area contributed by atoms with Crippen LogP contribution in [0.4, 0.5) is 10.5 Å². The van der Waals surface area contributed by atoms with E-state index in [1.807, 2.05) is 0 Å². The number of nitrogens with one attached hydrogen (secondary N) is 2. The van der Waals surface area contributed by atoms with Crippen molar-refractivity contribution in [3.63, 3.8) is 0 Å². The van der Waals surface area contributed by atoms with Crippen LogP contribution in [-0.4, -0.2) is 54.3 Å². The number of urea groups is 1. The molecule has 1 rings (SSSR count). The monoisotopic (exact) mass is 267 g/mol. The number of likely N-dealkylation sites (N-methyl/N-ethyl adjacent to an activating group) is 2. The number of aromatic hydroxyl groups is 1. The summed E-state index contributed by atoms with van der Waals surface area (Å²) in [5, 5.41) is 23.7. The molecule has 0 spiro atoms. The first-order valence-corrected chi connectivity index (χ1v) is 5.68. The number of phenols is 1. The topological polar surface area (TPSA) is 102 Å². The van der Waals surface area contributed by atoms with Crippen LogP contribution in [0.25, 0.3) is 0 Å². The Hall–Kier alpha value is -2.28. The number of carboxylic acids is 1. The zero-order valence-electron chi connectivity index (χ0n) is 10.8. The Kier molecular flexibility index (Phi) is 5.13. The molecule has 7 heteroatoms. The lowest BCUT2D eigenvalue weighted by Crippen LogP contribution is -2.35. The maximum atomic E-state index is 11.8. The summed E-state index contributed by atoms with van der Waals surface area (Å²) in [6, 6.07) is 3.52. The number of amides is 2. The summed E-state index contributed by atoms with van der Waals surface area (Å²) in [6.45, 7) is 1.17. The van der Waals surface area contributed by atoms with Gasteiger partial charge in [0, 0.05) is 25.8 Å². The Labute approximate surface area is 110 Å². The van der Waals surface area contributed by atoms with Gasteiger partial charge in [-0.2, -0.15) is 0 Å². The number of carbonyl (C=O) groups excluding carboxylic acids is 1. The van der Waals surface area contributed by atoms with Gasteiger partial charge in [-0.15, -0.1) is 0 Å². The third kappa shape index (κ3) is 4.14. The second-order valence-corrected chi connectivity index (χ2v) is 3.99. The van der Waals surface area contributed by atoms with Crippen molar-refractivity contribution in [3.8, 4) is 5.75 Å². The molecular weight excluding hydrogens is 250 g/mol. The van der Waals surface area contributed by atoms with E-state index in [1.165, 1.54) is 23.1 Å². The molecule has 0 atom stereocenters. The molecule has 0 aliphatic heterocycles. The van der Waals surface area contributed by atoms with Crippen LogP contribution in [0.2, 0.25) is 0 Å². The van der Waals surface area contributed by atoms with E-state index >= 15 is 0 Å². The standard InChI is InChI=1S/C12H17N3O4/c1-13-5-6-15(2)12(19)14-8-3-4-10(16)9(7-8)11(17)18/h3-4,7,13,16H,5-6H2,1-2H3,(H,14,19)(H,17,18). The van der Waals surface area contributed by atoms with E-state index < -0.39 is 5.97 Å². The molecule has 1 aromatic carbocycles. The summed E-state index contributed by atoms with van der Waals surface area (Å²) < 4.78 is 0. The third-order valence-corrected chi connectivity index (χ3v) is 2.52. The van der Waals surface area contributed by atoms with Crippen molar-refractivity contribution in [1.82, 2.24) is 10.2 Å². The SMILES string of the molecule is CNCCN(C)C(=O)Nc1ccc(O)c(C(=O)O)c1. The number of carboxylic acid groups (broad SMARTS) is 1. The fraction of sp³-hybridized carbons (Fsp3) is 0.333. The molecule has 0 radical (unpaired) electrons. The fourth-order valence-electron chi connectivity index (χ4n) is 1.39. The number of carbonyl (C=O) groups is 2. The van der Waals surface area contributed by atoms with Crippen LogP contribution in [0.1, 0.15) is 10.4 Å². The normalized spacial score (nSPS) is 10.0. The molecule has 0 aliphatic carbocycles. The third-order valence-electron chi connectivity index (χ3n) is 2.52. The van der Waals surface area contributed by atoms with Crippen molar-refractivity contribution >= 4 is 17.7 Å². The van der Waals surface area contributed by atoms with Gasteiger partial charge in [0.05, 0.1) is 0 Å². The lowest BCUT2D eigenvalue weighted by Gasteiger charge is -2.17. The Morgan fingerprint density at radius 1 is 1.37 bits per heavy atom. The molecule has 19 heavy (non-hydrogen) atoms. The number of hydrogen-bond acceptors (Lipinski definition) is 4. The minimum Gasteiger partial charge on any atom is -0.507 e. The molecular formula is C12H17N3O4. The Bertz CT molecular complexity index is 476. The quantitative estimate of drug-likeness (QED) is 0.590. The highest BCUT2D eigenvalue weighted by Crippen LogP contribution is 2.21. The molecule has 0 saturated heterocycles. The lowest BCUT2D eigenvalue weighted by atomic mass is 10.2. The predicted octanol–water partition coefficient (Wildman–Crippen LogP) is 0.773. The second-order valence-electron chi connectivity index (χ2n) is 3.99. The molecule has 1 aromatic rings. The van der Waals surface area contributed by atoms with Gasteiger partial charge in [0.2, 0.25) is 0 Å². The molecule has 2 amide bonds. The van der Waals surface area contributed by atoms with Crippen LogP contribution in [0.5, 0.6) is 5.75 Å². The summed E-state index contributed by atoms with van der Waals surface area (Å²) >= 11 is 0. The van der Waals surface area contributed by atoms with Crippen LogP contribution in [0.3, 0.4) is 0 Å². The molecule has 0 saturated carbocycles. The first-order chi connectivity index (χ1) is 8.95. The summed E-state index contributed by atoms with van der Waals surface area (Å²) in [5.74, 6) is -1.59. The summed E-state index contributed by atoms with van der Waals surface area (Å²) in [4.78, 5) is 24.1. The summed E-state index contributed by atoms with van der Waals surface area (Å²) in [6.07, 6.45) is 0. The largest absolute Gasteiger partial charge is 0.507 e. The van der Waals surface area contributed by atoms with Gasteiger partial charge in [-0.1, -0.05) is 0 Å². The van der Waals surface area contributed by atoms with E-state index in [0.717, 1.165) is 0 Å². The zero-order valence-corrected chi connectivity index (χ0v) is 10.8. The Morgan fingerprint density at radius 2 is 2.05 bits per heavy atom. The molecule has 0 heterocycles. The number of aromatic carboxylic acids is 1. The molecule has 104 valence electrons. The van der Waals surface area contributed by atoms with E-state index in [1.54, 1.807) is 14.1 Å². The summed E-state index contributed by atoms with van der Waals surface area (Å²) in [5.41, 5.74) is 0.0622. The van der Waals surface area contributed by atoms with E-state index in [9.17, 15) is 14.7 Å². The van der Waals surface area contributed by atoms with Gasteiger partial charge in [0.1, 0.15) is 11.3 Å². The number of hydrogen-bond donors (Lipinski definition) is 4. The molecule has 7 nitrogen and oxygen atoms in total. The molecule has 0 bridgehead atoms. The molecule has 0 aromatic heterocycles. The minimum absolute atomic E-state index is 0.254. The van der Waals surface area contributed by atoms with Gasteiger partial charge < -0.3 is 25.7 Å². The maximum absolute atomic E-state index is 11.8. The highest BCUT2D eigenvalue weighted by Gasteiger charge is 2.13. The highest BCUT2D eigenvalue weighted by atomic mass is 16.4. The number of nitrogens with zero attached hydrogens (tertiary/aromatic N) is 1. The Morgan fingerprint density at radius 3 is 2.63 bits per heavy atom.